The van der Waals surface area contributed by atoms with Crippen molar-refractivity contribution in [2.24, 2.45) is 0 Å². The average Bonchev–Trinajstić information content (AvgIpc) is 3.04. The minimum atomic E-state index is -0.432. The average molecular weight is 319 g/mol. The summed E-state index contributed by atoms with van der Waals surface area (Å²) in [7, 11) is 2.94. The van der Waals surface area contributed by atoms with Crippen LogP contribution < -0.4 is 10.1 Å². The highest BCUT2D eigenvalue weighted by molar-refractivity contribution is 7.15. The number of benzene rings is 1. The number of para-hydroxylation sites is 1. The number of hydrogen-bond acceptors (Lipinski definition) is 5. The number of esters is 1. The zero-order valence-corrected chi connectivity index (χ0v) is 13.2. The van der Waals surface area contributed by atoms with Crippen LogP contribution in [0.5, 0.6) is 5.75 Å². The van der Waals surface area contributed by atoms with Gasteiger partial charge in [-0.25, -0.2) is 4.79 Å². The van der Waals surface area contributed by atoms with E-state index in [1.165, 1.54) is 7.11 Å². The van der Waals surface area contributed by atoms with E-state index in [2.05, 4.69) is 10.1 Å². The number of ether oxygens (including phenoxy) is 2. The molecular weight excluding hydrogens is 302 g/mol. The fourth-order valence-electron chi connectivity index (χ4n) is 1.98. The maximum absolute atomic E-state index is 12.0. The molecule has 0 radical (unpaired) electrons. The molecule has 1 heterocycles. The second-order valence-corrected chi connectivity index (χ2v) is 5.56. The van der Waals surface area contributed by atoms with E-state index in [9.17, 15) is 9.59 Å². The van der Waals surface area contributed by atoms with Gasteiger partial charge in [-0.05, 0) is 30.2 Å². The molecular formula is C16H17NO4S. The van der Waals surface area contributed by atoms with Gasteiger partial charge in [-0.1, -0.05) is 18.2 Å². The first-order valence-corrected chi connectivity index (χ1v) is 7.55. The second-order valence-electron chi connectivity index (χ2n) is 4.47. The molecule has 116 valence electrons. The van der Waals surface area contributed by atoms with Gasteiger partial charge in [0.1, 0.15) is 10.6 Å². The van der Waals surface area contributed by atoms with Crippen LogP contribution in [0.25, 0.3) is 0 Å². The fourth-order valence-corrected chi connectivity index (χ4v) is 2.82. The molecule has 0 aliphatic heterocycles. The maximum atomic E-state index is 12.0. The van der Waals surface area contributed by atoms with E-state index in [-0.39, 0.29) is 5.91 Å². The van der Waals surface area contributed by atoms with E-state index in [0.29, 0.717) is 22.7 Å². The predicted octanol–water partition coefficient (Wildman–Crippen LogP) is 2.52. The van der Waals surface area contributed by atoms with Gasteiger partial charge in [-0.15, -0.1) is 11.3 Å². The minimum Gasteiger partial charge on any atom is -0.496 e. The van der Waals surface area contributed by atoms with Gasteiger partial charge in [-0.2, -0.15) is 0 Å². The van der Waals surface area contributed by atoms with Gasteiger partial charge >= 0.3 is 5.97 Å². The van der Waals surface area contributed by atoms with E-state index in [4.69, 9.17) is 4.74 Å². The number of nitrogens with one attached hydrogen (secondary N) is 1. The first kappa shape index (κ1) is 16.0. The van der Waals surface area contributed by atoms with Crippen LogP contribution in [-0.2, 0) is 11.2 Å². The van der Waals surface area contributed by atoms with Crippen LogP contribution in [-0.4, -0.2) is 32.6 Å². The smallest absolute Gasteiger partial charge is 0.348 e. The van der Waals surface area contributed by atoms with Crippen LogP contribution in [0.3, 0.4) is 0 Å². The Morgan fingerprint density at radius 2 is 1.82 bits per heavy atom. The zero-order valence-electron chi connectivity index (χ0n) is 12.4. The first-order valence-electron chi connectivity index (χ1n) is 6.74. The monoisotopic (exact) mass is 319 g/mol. The van der Waals surface area contributed by atoms with Gasteiger partial charge in [0.25, 0.3) is 5.91 Å². The Balaban J connectivity index is 1.90. The molecule has 0 spiro atoms. The lowest BCUT2D eigenvalue weighted by molar-refractivity contribution is 0.0606. The highest BCUT2D eigenvalue weighted by Gasteiger charge is 2.13. The lowest BCUT2D eigenvalue weighted by atomic mass is 10.1. The highest BCUT2D eigenvalue weighted by Crippen LogP contribution is 2.18. The van der Waals surface area contributed by atoms with Crippen LogP contribution >= 0.6 is 11.3 Å². The van der Waals surface area contributed by atoms with Crippen molar-refractivity contribution in [3.8, 4) is 5.75 Å². The van der Waals surface area contributed by atoms with Gasteiger partial charge in [0.15, 0.2) is 0 Å². The topological polar surface area (TPSA) is 64.6 Å². The molecule has 1 aromatic heterocycles. The quantitative estimate of drug-likeness (QED) is 0.831. The van der Waals surface area contributed by atoms with Crippen molar-refractivity contribution < 1.29 is 19.1 Å². The molecule has 6 heteroatoms. The SMILES string of the molecule is COC(=O)c1ccc(C(=O)NCCc2ccccc2OC)s1. The molecule has 0 unspecified atom stereocenters. The lowest BCUT2D eigenvalue weighted by Crippen LogP contribution is -2.24. The van der Waals surface area contributed by atoms with Crippen LogP contribution in [0, 0.1) is 0 Å². The number of thiophene rings is 1. The van der Waals surface area contributed by atoms with Crippen LogP contribution in [0.1, 0.15) is 24.9 Å². The van der Waals surface area contributed by atoms with Crippen LogP contribution in [0.15, 0.2) is 36.4 Å². The summed E-state index contributed by atoms with van der Waals surface area (Å²) in [4.78, 5) is 24.3. The largest absolute Gasteiger partial charge is 0.496 e. The number of amides is 1. The Morgan fingerprint density at radius 1 is 1.09 bits per heavy atom. The molecule has 0 aliphatic carbocycles. The molecule has 0 atom stereocenters. The summed E-state index contributed by atoms with van der Waals surface area (Å²) < 4.78 is 9.89. The molecule has 1 N–H and O–H groups in total. The second kappa shape index (κ2) is 7.61. The van der Waals surface area contributed by atoms with E-state index in [1.807, 2.05) is 24.3 Å². The van der Waals surface area contributed by atoms with Gasteiger partial charge in [0, 0.05) is 6.54 Å². The molecule has 0 saturated carbocycles. The van der Waals surface area contributed by atoms with Gasteiger partial charge < -0.3 is 14.8 Å². The van der Waals surface area contributed by atoms with Crippen molar-refractivity contribution in [1.29, 1.82) is 0 Å². The molecule has 1 amide bonds. The Kier molecular flexibility index (Phi) is 5.55. The van der Waals surface area contributed by atoms with Gasteiger partial charge in [0.2, 0.25) is 0 Å². The summed E-state index contributed by atoms with van der Waals surface area (Å²) in [5.41, 5.74) is 1.03. The highest BCUT2D eigenvalue weighted by atomic mass is 32.1. The summed E-state index contributed by atoms with van der Waals surface area (Å²) in [6.07, 6.45) is 0.672. The van der Waals surface area contributed by atoms with Crippen molar-refractivity contribution in [3.63, 3.8) is 0 Å². The van der Waals surface area contributed by atoms with Crippen LogP contribution in [0.4, 0.5) is 0 Å². The molecule has 0 aliphatic rings. The molecule has 0 fully saturated rings. The number of methoxy groups -OCH3 is 2. The Labute approximate surface area is 132 Å². The Morgan fingerprint density at radius 3 is 2.55 bits per heavy atom. The van der Waals surface area contributed by atoms with Crippen LogP contribution in [0.2, 0.25) is 0 Å². The normalized spacial score (nSPS) is 10.1. The number of carbonyl (C=O) groups excluding carboxylic acids is 2. The zero-order chi connectivity index (χ0) is 15.9. The summed E-state index contributed by atoms with van der Waals surface area (Å²) in [5, 5.41) is 2.83. The molecule has 0 bridgehead atoms. The maximum Gasteiger partial charge on any atom is 0.348 e. The summed E-state index contributed by atoms with van der Waals surface area (Å²) >= 11 is 1.12. The fraction of sp³-hybridized carbons (Fsp3) is 0.250. The lowest BCUT2D eigenvalue weighted by Gasteiger charge is -2.08. The van der Waals surface area contributed by atoms with Crippen molar-refractivity contribution in [2.75, 3.05) is 20.8 Å². The molecule has 5 nitrogen and oxygen atoms in total. The van der Waals surface area contributed by atoms with Crippen molar-refractivity contribution in [1.82, 2.24) is 5.32 Å². The standard InChI is InChI=1S/C16H17NO4S/c1-20-12-6-4-3-5-11(12)9-10-17-15(18)13-7-8-14(22-13)16(19)21-2/h3-8H,9-10H2,1-2H3,(H,17,18). The van der Waals surface area contributed by atoms with Crippen molar-refractivity contribution >= 4 is 23.2 Å². The molecule has 2 rings (SSSR count). The molecule has 22 heavy (non-hydrogen) atoms. The van der Waals surface area contributed by atoms with E-state index in [0.717, 1.165) is 22.6 Å². The first-order chi connectivity index (χ1) is 10.7. The number of carbonyl (C=O) groups is 2. The van der Waals surface area contributed by atoms with Gasteiger partial charge in [-0.3, -0.25) is 4.79 Å². The third-order valence-corrected chi connectivity index (χ3v) is 4.15. The van der Waals surface area contributed by atoms with E-state index >= 15 is 0 Å². The van der Waals surface area contributed by atoms with E-state index in [1.54, 1.807) is 19.2 Å². The molecule has 0 saturated heterocycles. The number of hydrogen-bond donors (Lipinski definition) is 1. The summed E-state index contributed by atoms with van der Waals surface area (Å²) in [6, 6.07) is 10.9. The van der Waals surface area contributed by atoms with Gasteiger partial charge in [0.05, 0.1) is 19.1 Å². The third-order valence-electron chi connectivity index (χ3n) is 3.09. The number of rotatable bonds is 6. The molecule has 2 aromatic rings. The predicted molar refractivity (Wildman–Crippen MR) is 84.7 cm³/mol. The van der Waals surface area contributed by atoms with E-state index < -0.39 is 5.97 Å². The Hall–Kier alpha value is -2.34. The minimum absolute atomic E-state index is 0.199. The summed E-state index contributed by atoms with van der Waals surface area (Å²) in [6.45, 7) is 0.491. The molecule has 1 aromatic carbocycles. The third kappa shape index (κ3) is 3.85. The van der Waals surface area contributed by atoms with Crippen molar-refractivity contribution in [2.45, 2.75) is 6.42 Å². The Bertz CT molecular complexity index is 666. The summed E-state index contributed by atoms with van der Waals surface area (Å²) in [5.74, 6) is 0.175. The van der Waals surface area contributed by atoms with Crippen molar-refractivity contribution in [3.05, 3.63) is 51.7 Å².